The van der Waals surface area contributed by atoms with Gasteiger partial charge in [-0.25, -0.2) is 4.57 Å². The van der Waals surface area contributed by atoms with Crippen molar-refractivity contribution in [3.05, 3.63) is 24.3 Å². The number of carbonyl (C=O) groups is 2. The van der Waals surface area contributed by atoms with Gasteiger partial charge in [0.2, 0.25) is 5.91 Å². The van der Waals surface area contributed by atoms with Crippen LogP contribution in [0.1, 0.15) is 258 Å². The van der Waals surface area contributed by atoms with Crippen LogP contribution >= 0.6 is 7.82 Å². The summed E-state index contributed by atoms with van der Waals surface area (Å²) in [7, 11) is 1.50. The molecule has 0 aliphatic heterocycles. The smallest absolute Gasteiger partial charge is 0.456 e. The van der Waals surface area contributed by atoms with Crippen LogP contribution < -0.4 is 5.32 Å². The zero-order chi connectivity index (χ0) is 47.3. The Morgan fingerprint density at radius 1 is 0.531 bits per heavy atom. The average Bonchev–Trinajstić information content (AvgIpc) is 3.25. The van der Waals surface area contributed by atoms with Crippen LogP contribution in [0.3, 0.4) is 0 Å². The first-order valence-electron chi connectivity index (χ1n) is 27.2. The van der Waals surface area contributed by atoms with E-state index in [1.165, 1.54) is 141 Å². The van der Waals surface area contributed by atoms with E-state index in [0.717, 1.165) is 83.5 Å². The number of nitrogens with one attached hydrogen (secondary N) is 1. The van der Waals surface area contributed by atoms with Crippen molar-refractivity contribution < 1.29 is 37.3 Å². The number of likely N-dealkylation sites (N-methyl/N-ethyl adjacent to an activating group) is 1. The SMILES string of the molecule is CCCC/C=C\CCCCCCCC(=O)NC(COP(=O)(O)OCC[N+](C)(C)C)C(/C=C/CCCCCCCCCCCC)OC(=O)CCCCCCCCCCCCCCCCC. The summed E-state index contributed by atoms with van der Waals surface area (Å²) in [6.45, 7) is 6.98. The molecule has 3 unspecified atom stereocenters. The van der Waals surface area contributed by atoms with Gasteiger partial charge in [-0.05, 0) is 51.0 Å². The number of esters is 1. The van der Waals surface area contributed by atoms with Gasteiger partial charge in [0.25, 0.3) is 0 Å². The summed E-state index contributed by atoms with van der Waals surface area (Å²) in [4.78, 5) is 37.4. The zero-order valence-corrected chi connectivity index (χ0v) is 43.9. The number of hydrogen-bond donors (Lipinski definition) is 2. The van der Waals surface area contributed by atoms with E-state index in [9.17, 15) is 19.0 Å². The van der Waals surface area contributed by atoms with Gasteiger partial charge in [0.15, 0.2) is 0 Å². The second-order valence-electron chi connectivity index (χ2n) is 19.8. The summed E-state index contributed by atoms with van der Waals surface area (Å²) in [5.41, 5.74) is 0. The maximum absolute atomic E-state index is 13.4. The summed E-state index contributed by atoms with van der Waals surface area (Å²) >= 11 is 0. The number of phosphoric acid groups is 1. The van der Waals surface area contributed by atoms with Crippen LogP contribution in [0, 0.1) is 0 Å². The van der Waals surface area contributed by atoms with Crippen molar-refractivity contribution in [2.24, 2.45) is 0 Å². The summed E-state index contributed by atoms with van der Waals surface area (Å²) in [5, 5.41) is 3.03. The normalized spacial score (nSPS) is 14.0. The molecule has 0 bridgehead atoms. The summed E-state index contributed by atoms with van der Waals surface area (Å²) < 4.78 is 30.5. The van der Waals surface area contributed by atoms with Crippen molar-refractivity contribution in [2.45, 2.75) is 270 Å². The van der Waals surface area contributed by atoms with Crippen LogP contribution in [-0.2, 0) is 27.9 Å². The molecule has 9 nitrogen and oxygen atoms in total. The average molecular weight is 926 g/mol. The minimum atomic E-state index is -4.43. The predicted octanol–water partition coefficient (Wildman–Crippen LogP) is 15.8. The predicted molar refractivity (Wildman–Crippen MR) is 273 cm³/mol. The molecule has 0 aliphatic carbocycles. The summed E-state index contributed by atoms with van der Waals surface area (Å²) in [5.74, 6) is -0.508. The molecule has 0 spiro atoms. The first-order chi connectivity index (χ1) is 30.9. The summed E-state index contributed by atoms with van der Waals surface area (Å²) in [6, 6.07) is -0.844. The molecule has 0 saturated heterocycles. The van der Waals surface area contributed by atoms with Crippen molar-refractivity contribution in [1.82, 2.24) is 5.32 Å². The molecular formula is C54H106N2O7P+. The highest BCUT2D eigenvalue weighted by atomic mass is 31.2. The Labute approximate surface area is 396 Å². The van der Waals surface area contributed by atoms with Gasteiger partial charge in [-0.1, -0.05) is 219 Å². The molecular weight excluding hydrogens is 820 g/mol. The van der Waals surface area contributed by atoms with E-state index in [0.29, 0.717) is 23.9 Å². The fourth-order valence-corrected chi connectivity index (χ4v) is 8.60. The number of unbranched alkanes of at least 4 members (excludes halogenated alkanes) is 31. The second kappa shape index (κ2) is 45.3. The minimum Gasteiger partial charge on any atom is -0.456 e. The van der Waals surface area contributed by atoms with Gasteiger partial charge in [0.1, 0.15) is 19.3 Å². The molecule has 64 heavy (non-hydrogen) atoms. The Morgan fingerprint density at radius 2 is 0.922 bits per heavy atom. The Kier molecular flexibility index (Phi) is 44.2. The van der Waals surface area contributed by atoms with Crippen molar-refractivity contribution in [3.63, 3.8) is 0 Å². The highest BCUT2D eigenvalue weighted by molar-refractivity contribution is 7.47. The molecule has 0 heterocycles. The summed E-state index contributed by atoms with van der Waals surface area (Å²) in [6.07, 6.45) is 50.2. The van der Waals surface area contributed by atoms with Crippen molar-refractivity contribution in [3.8, 4) is 0 Å². The Morgan fingerprint density at radius 3 is 1.38 bits per heavy atom. The fourth-order valence-electron chi connectivity index (χ4n) is 7.86. The quantitative estimate of drug-likeness (QED) is 0.0205. The van der Waals surface area contributed by atoms with Gasteiger partial charge < -0.3 is 19.4 Å². The number of hydrogen-bond acceptors (Lipinski definition) is 6. The van der Waals surface area contributed by atoms with Crippen molar-refractivity contribution in [1.29, 1.82) is 0 Å². The van der Waals surface area contributed by atoms with Crippen LogP contribution in [-0.4, -0.2) is 74.3 Å². The third-order valence-corrected chi connectivity index (χ3v) is 13.1. The molecule has 0 rings (SSSR count). The first-order valence-corrected chi connectivity index (χ1v) is 28.7. The van der Waals surface area contributed by atoms with E-state index < -0.39 is 20.0 Å². The lowest BCUT2D eigenvalue weighted by Gasteiger charge is -2.27. The third-order valence-electron chi connectivity index (χ3n) is 12.1. The highest BCUT2D eigenvalue weighted by Crippen LogP contribution is 2.43. The number of quaternary nitrogens is 1. The topological polar surface area (TPSA) is 111 Å². The molecule has 0 aromatic rings. The number of phosphoric ester groups is 1. The number of rotatable bonds is 49. The van der Waals surface area contributed by atoms with E-state index in [2.05, 4.69) is 38.2 Å². The molecule has 0 aromatic heterocycles. The van der Waals surface area contributed by atoms with Gasteiger partial charge in [0.05, 0.1) is 33.8 Å². The molecule has 3 atom stereocenters. The number of allylic oxidation sites excluding steroid dienone is 3. The third kappa shape index (κ3) is 45.6. The minimum absolute atomic E-state index is 0.0415. The Hall–Kier alpha value is -1.51. The number of amides is 1. The van der Waals surface area contributed by atoms with Gasteiger partial charge in [-0.3, -0.25) is 18.6 Å². The molecule has 0 fully saturated rings. The first kappa shape index (κ1) is 62.5. The molecule has 378 valence electrons. The molecule has 0 aliphatic rings. The van der Waals surface area contributed by atoms with Crippen molar-refractivity contribution in [2.75, 3.05) is 40.9 Å². The van der Waals surface area contributed by atoms with E-state index in [1.807, 2.05) is 33.3 Å². The molecule has 0 saturated carbocycles. The number of nitrogens with zero attached hydrogens (tertiary/aromatic N) is 1. The molecule has 10 heteroatoms. The lowest BCUT2D eigenvalue weighted by Crippen LogP contribution is -2.47. The van der Waals surface area contributed by atoms with Crippen molar-refractivity contribution >= 4 is 19.7 Å². The van der Waals surface area contributed by atoms with Crippen LogP contribution in [0.15, 0.2) is 24.3 Å². The standard InChI is InChI=1S/C54H105N2O7P/c1-7-10-13-16-19-22-25-27-28-29-32-35-38-41-44-47-54(58)63-52(45-42-39-36-33-31-26-23-20-17-14-11-8-2)51(50-62-64(59,60)61-49-48-56(4,5)6)55-53(57)46-43-40-37-34-30-24-21-18-15-12-9-3/h18,21,42,45,51-52H,7-17,19-20,22-41,43-44,46-50H2,1-6H3,(H-,55,57,59,60)/p+1/b21-18-,45-42+. The lowest BCUT2D eigenvalue weighted by atomic mass is 10.0. The largest absolute Gasteiger partial charge is 0.472 e. The Bertz CT molecular complexity index is 1160. The molecule has 1 amide bonds. The van der Waals surface area contributed by atoms with Gasteiger partial charge >= 0.3 is 13.8 Å². The highest BCUT2D eigenvalue weighted by Gasteiger charge is 2.30. The number of carbonyl (C=O) groups excluding carboxylic acids is 2. The van der Waals surface area contributed by atoms with E-state index in [4.69, 9.17) is 13.8 Å². The van der Waals surface area contributed by atoms with E-state index in [-0.39, 0.29) is 25.1 Å². The molecule has 0 radical (unpaired) electrons. The van der Waals surface area contributed by atoms with E-state index in [1.54, 1.807) is 0 Å². The maximum atomic E-state index is 13.4. The lowest BCUT2D eigenvalue weighted by molar-refractivity contribution is -0.870. The van der Waals surface area contributed by atoms with E-state index >= 15 is 0 Å². The van der Waals surface area contributed by atoms with Crippen LogP contribution in [0.4, 0.5) is 0 Å². The van der Waals surface area contributed by atoms with Gasteiger partial charge in [-0.15, -0.1) is 0 Å². The monoisotopic (exact) mass is 926 g/mol. The fraction of sp³-hybridized carbons (Fsp3) is 0.889. The maximum Gasteiger partial charge on any atom is 0.472 e. The van der Waals surface area contributed by atoms with Gasteiger partial charge in [-0.2, -0.15) is 0 Å². The van der Waals surface area contributed by atoms with Gasteiger partial charge in [0, 0.05) is 12.8 Å². The second-order valence-corrected chi connectivity index (χ2v) is 21.2. The molecule has 2 N–H and O–H groups in total. The zero-order valence-electron chi connectivity index (χ0n) is 43.0. The van der Waals surface area contributed by atoms with Crippen LogP contribution in [0.25, 0.3) is 0 Å². The Balaban J connectivity index is 5.37. The molecule has 0 aromatic carbocycles. The van der Waals surface area contributed by atoms with Crippen LogP contribution in [0.5, 0.6) is 0 Å². The number of ether oxygens (including phenoxy) is 1. The van der Waals surface area contributed by atoms with Crippen LogP contribution in [0.2, 0.25) is 0 Å².